The van der Waals surface area contributed by atoms with E-state index in [0.717, 1.165) is 81.2 Å². The van der Waals surface area contributed by atoms with Gasteiger partial charge < -0.3 is 15.4 Å². The smallest absolute Gasteiger partial charge is 0.237 e. The standard InChI is InChI=1S/C31H32N4O2/c36-21-30(14-4-5-15-30)35-27(23-9-2-1-3-10-23)32-16-6-8-22-12-13-24-19-31(20-25(24)18-22)26-11-7-17-33-28(26)34-29(31)37/h1-3,7,9-13,17-18,21H,4-6,8,14-16,19-20H2,(H,32,35)(H,33,34,37)/t31-/m1/s1. The van der Waals surface area contributed by atoms with Gasteiger partial charge in [0.25, 0.3) is 0 Å². The summed E-state index contributed by atoms with van der Waals surface area (Å²) in [6, 6.07) is 20.7. The Morgan fingerprint density at radius 1 is 1.03 bits per heavy atom. The predicted molar refractivity (Wildman–Crippen MR) is 145 cm³/mol. The fourth-order valence-electron chi connectivity index (χ4n) is 6.24. The molecule has 2 aliphatic carbocycles. The van der Waals surface area contributed by atoms with Crippen molar-refractivity contribution in [3.8, 4) is 0 Å². The Morgan fingerprint density at radius 2 is 1.84 bits per heavy atom. The molecule has 2 aromatic carbocycles. The number of benzene rings is 2. The summed E-state index contributed by atoms with van der Waals surface area (Å²) in [6.45, 7) is 0.769. The number of hydrogen-bond donors (Lipinski definition) is 2. The summed E-state index contributed by atoms with van der Waals surface area (Å²) >= 11 is 0. The summed E-state index contributed by atoms with van der Waals surface area (Å²) in [7, 11) is 0. The molecule has 3 aromatic rings. The van der Waals surface area contributed by atoms with Crippen molar-refractivity contribution in [2.75, 3.05) is 11.9 Å². The van der Waals surface area contributed by atoms with Crippen molar-refractivity contribution in [2.24, 2.45) is 4.99 Å². The maximum atomic E-state index is 13.0. The van der Waals surface area contributed by atoms with Crippen molar-refractivity contribution in [1.29, 1.82) is 0 Å². The Labute approximate surface area is 217 Å². The molecule has 3 aliphatic rings. The number of nitrogens with zero attached hydrogens (tertiary/aromatic N) is 2. The van der Waals surface area contributed by atoms with Crippen LogP contribution in [0.2, 0.25) is 0 Å². The van der Waals surface area contributed by atoms with E-state index in [-0.39, 0.29) is 5.91 Å². The van der Waals surface area contributed by atoms with Gasteiger partial charge in [0.2, 0.25) is 5.91 Å². The van der Waals surface area contributed by atoms with Crippen LogP contribution in [0.4, 0.5) is 5.82 Å². The van der Waals surface area contributed by atoms with Crippen LogP contribution in [0.1, 0.15) is 59.9 Å². The van der Waals surface area contributed by atoms with Crippen molar-refractivity contribution >= 4 is 23.8 Å². The highest BCUT2D eigenvalue weighted by Crippen LogP contribution is 2.46. The first kappa shape index (κ1) is 23.6. The van der Waals surface area contributed by atoms with Crippen LogP contribution in [0.3, 0.4) is 0 Å². The van der Waals surface area contributed by atoms with Crippen molar-refractivity contribution < 1.29 is 9.59 Å². The minimum absolute atomic E-state index is 0.0613. The topological polar surface area (TPSA) is 83.5 Å². The summed E-state index contributed by atoms with van der Waals surface area (Å²) in [5.41, 5.74) is 4.71. The third kappa shape index (κ3) is 4.35. The Balaban J connectivity index is 1.13. The molecule has 2 N–H and O–H groups in total. The number of fused-ring (bicyclic) bond motifs is 3. The third-order valence-corrected chi connectivity index (χ3v) is 8.25. The molecular formula is C31H32N4O2. The number of carbonyl (C=O) groups excluding carboxylic acids is 2. The SMILES string of the molecule is O=CC1(/N=C(\NCCCc2ccc3c(c2)C[C@@]2(C3)C(=O)Nc3ncccc32)c2ccccc2)CCCC1. The first-order chi connectivity index (χ1) is 18.1. The van der Waals surface area contributed by atoms with Gasteiger partial charge >= 0.3 is 0 Å². The average molecular weight is 493 g/mol. The first-order valence-corrected chi connectivity index (χ1v) is 13.3. The van der Waals surface area contributed by atoms with E-state index in [0.29, 0.717) is 5.82 Å². The number of aliphatic imine (C=N–C) groups is 1. The maximum absolute atomic E-state index is 13.0. The molecule has 0 bridgehead atoms. The van der Waals surface area contributed by atoms with Gasteiger partial charge in [-0.15, -0.1) is 0 Å². The normalized spacial score (nSPS) is 21.5. The molecule has 0 saturated heterocycles. The molecule has 1 amide bonds. The number of carbonyl (C=O) groups is 2. The first-order valence-electron chi connectivity index (χ1n) is 13.3. The quantitative estimate of drug-likeness (QED) is 0.219. The van der Waals surface area contributed by atoms with E-state index in [1.54, 1.807) is 6.20 Å². The van der Waals surface area contributed by atoms with Crippen LogP contribution in [0.25, 0.3) is 0 Å². The number of anilines is 1. The van der Waals surface area contributed by atoms with Crippen molar-refractivity contribution in [3.63, 3.8) is 0 Å². The molecule has 6 heteroatoms. The van der Waals surface area contributed by atoms with E-state index < -0.39 is 11.0 Å². The molecule has 1 aliphatic heterocycles. The predicted octanol–water partition coefficient (Wildman–Crippen LogP) is 4.55. The number of rotatable bonds is 7. The van der Waals surface area contributed by atoms with Gasteiger partial charge in [-0.25, -0.2) is 4.98 Å². The second-order valence-corrected chi connectivity index (χ2v) is 10.7. The van der Waals surface area contributed by atoms with Gasteiger partial charge in [-0.3, -0.25) is 9.79 Å². The zero-order valence-electron chi connectivity index (χ0n) is 21.0. The molecule has 1 spiro atoms. The maximum Gasteiger partial charge on any atom is 0.237 e. The number of amidine groups is 1. The van der Waals surface area contributed by atoms with E-state index >= 15 is 0 Å². The number of hydrogen-bond acceptors (Lipinski definition) is 4. The van der Waals surface area contributed by atoms with Crippen LogP contribution in [0.5, 0.6) is 0 Å². The zero-order chi connectivity index (χ0) is 25.3. The summed E-state index contributed by atoms with van der Waals surface area (Å²) in [5.74, 6) is 1.58. The highest BCUT2D eigenvalue weighted by Gasteiger charge is 2.51. The molecule has 0 unspecified atom stereocenters. The monoisotopic (exact) mass is 492 g/mol. The summed E-state index contributed by atoms with van der Waals surface area (Å²) in [5, 5.41) is 6.52. The van der Waals surface area contributed by atoms with Gasteiger partial charge in [0, 0.05) is 23.9 Å². The number of pyridine rings is 1. The Hall–Kier alpha value is -3.80. The van der Waals surface area contributed by atoms with E-state index in [9.17, 15) is 9.59 Å². The van der Waals surface area contributed by atoms with Gasteiger partial charge in [0.05, 0.1) is 5.41 Å². The van der Waals surface area contributed by atoms with E-state index in [4.69, 9.17) is 4.99 Å². The van der Waals surface area contributed by atoms with E-state index in [2.05, 4.69) is 33.8 Å². The second-order valence-electron chi connectivity index (χ2n) is 10.7. The van der Waals surface area contributed by atoms with Gasteiger partial charge in [0.1, 0.15) is 23.5 Å². The highest BCUT2D eigenvalue weighted by molar-refractivity contribution is 6.06. The second kappa shape index (κ2) is 9.58. The number of nitrogens with one attached hydrogen (secondary N) is 2. The minimum Gasteiger partial charge on any atom is -0.370 e. The van der Waals surface area contributed by atoms with Crippen molar-refractivity contribution in [1.82, 2.24) is 10.3 Å². The summed E-state index contributed by atoms with van der Waals surface area (Å²) in [6.07, 6.45) is 9.83. The lowest BCUT2D eigenvalue weighted by molar-refractivity contribution is -0.120. The molecule has 37 heavy (non-hydrogen) atoms. The summed E-state index contributed by atoms with van der Waals surface area (Å²) < 4.78 is 0. The average Bonchev–Trinajstić information content (AvgIpc) is 3.63. The lowest BCUT2D eigenvalue weighted by Crippen LogP contribution is -2.35. The Kier molecular flexibility index (Phi) is 6.11. The number of aryl methyl sites for hydroxylation is 1. The van der Waals surface area contributed by atoms with Crippen molar-refractivity contribution in [2.45, 2.75) is 62.3 Å². The van der Waals surface area contributed by atoms with Gasteiger partial charge in [0.15, 0.2) is 0 Å². The molecule has 2 heterocycles. The molecule has 1 saturated carbocycles. The molecule has 1 atom stereocenters. The van der Waals surface area contributed by atoms with Crippen LogP contribution in [-0.2, 0) is 34.3 Å². The van der Waals surface area contributed by atoms with Gasteiger partial charge in [-0.2, -0.15) is 0 Å². The molecule has 188 valence electrons. The van der Waals surface area contributed by atoms with Crippen molar-refractivity contribution in [3.05, 3.63) is 94.7 Å². The Bertz CT molecular complexity index is 1360. The van der Waals surface area contributed by atoms with Crippen LogP contribution < -0.4 is 10.6 Å². The fraction of sp³-hybridized carbons (Fsp3) is 0.355. The number of aromatic nitrogens is 1. The minimum atomic E-state index is -0.589. The molecule has 6 nitrogen and oxygen atoms in total. The fourth-order valence-corrected chi connectivity index (χ4v) is 6.24. The largest absolute Gasteiger partial charge is 0.370 e. The molecule has 1 aromatic heterocycles. The molecule has 1 fully saturated rings. The molecular weight excluding hydrogens is 460 g/mol. The number of amides is 1. The zero-order valence-corrected chi connectivity index (χ0v) is 21.0. The van der Waals surface area contributed by atoms with E-state index in [1.165, 1.54) is 16.7 Å². The van der Waals surface area contributed by atoms with Crippen LogP contribution in [-0.4, -0.2) is 35.1 Å². The van der Waals surface area contributed by atoms with Gasteiger partial charge in [-0.05, 0) is 61.3 Å². The summed E-state index contributed by atoms with van der Waals surface area (Å²) in [4.78, 5) is 34.2. The lowest BCUT2D eigenvalue weighted by Gasteiger charge is -2.20. The van der Waals surface area contributed by atoms with E-state index in [1.807, 2.05) is 42.5 Å². The third-order valence-electron chi connectivity index (χ3n) is 8.25. The lowest BCUT2D eigenvalue weighted by atomic mass is 9.79. The molecule has 0 radical (unpaired) electrons. The Morgan fingerprint density at radius 3 is 2.65 bits per heavy atom. The number of aldehydes is 1. The van der Waals surface area contributed by atoms with Gasteiger partial charge in [-0.1, -0.05) is 67.4 Å². The molecule has 6 rings (SSSR count). The van der Waals surface area contributed by atoms with Crippen LogP contribution >= 0.6 is 0 Å². The van der Waals surface area contributed by atoms with Crippen LogP contribution in [0.15, 0.2) is 71.9 Å². The van der Waals surface area contributed by atoms with Crippen LogP contribution in [0, 0.1) is 0 Å². The highest BCUT2D eigenvalue weighted by atomic mass is 16.2.